The largest absolute Gasteiger partial charge is 0.480 e. The number of carbonyl (C=O) groups is 5. The maximum absolute atomic E-state index is 12.5. The van der Waals surface area contributed by atoms with Crippen molar-refractivity contribution in [3.63, 3.8) is 0 Å². The molecule has 0 aliphatic carbocycles. The monoisotopic (exact) mass is 945 g/mol. The first kappa shape index (κ1) is 71.5. The molecule has 0 spiro atoms. The number of aldehydes is 1. The second-order valence-corrected chi connectivity index (χ2v) is 15.6. The van der Waals surface area contributed by atoms with Gasteiger partial charge in [0, 0.05) is 53.4 Å². The number of nitrogens with zero attached hydrogens (tertiary/aromatic N) is 3. The van der Waals surface area contributed by atoms with Crippen LogP contribution >= 0.6 is 0 Å². The summed E-state index contributed by atoms with van der Waals surface area (Å²) < 4.78 is 15.8. The number of carboxylic acid groups (broad SMARTS) is 1. The Bertz CT molecular complexity index is 1240. The summed E-state index contributed by atoms with van der Waals surface area (Å²) in [6.45, 7) is 29.5. The molecule has 16 nitrogen and oxygen atoms in total. The van der Waals surface area contributed by atoms with Gasteiger partial charge in [0.2, 0.25) is 17.7 Å². The maximum atomic E-state index is 12.5. The van der Waals surface area contributed by atoms with Crippen molar-refractivity contribution in [2.75, 3.05) is 87.5 Å². The molecule has 16 heteroatoms. The number of hydrogen-bond donors (Lipinski definition) is 4. The SMILES string of the molecule is CC.CCC.CCCCN(C(=O)CC)C(OC)C(C)C=O.CCCCN(C)C(=O)CNC(=O)C(C(C)C)N(C)CCOCCC.CCCOCCON.CNC(Cc1ccccc1)C(=O)O. The molecular formula is C50H100N6O10. The summed E-state index contributed by atoms with van der Waals surface area (Å²) in [7, 11) is 6.89. The molecular weight excluding hydrogens is 845 g/mol. The number of carbonyl (C=O) groups excluding carboxylic acids is 4. The van der Waals surface area contributed by atoms with E-state index in [-0.39, 0.29) is 42.1 Å². The van der Waals surface area contributed by atoms with Crippen molar-refractivity contribution in [2.45, 2.75) is 159 Å². The minimum Gasteiger partial charge on any atom is -0.480 e. The Balaban J connectivity index is -0.000000256. The fraction of sp³-hybridized carbons (Fsp3) is 0.780. The van der Waals surface area contributed by atoms with E-state index in [0.717, 1.165) is 70.1 Å². The van der Waals surface area contributed by atoms with E-state index < -0.39 is 18.2 Å². The van der Waals surface area contributed by atoms with Gasteiger partial charge in [-0.3, -0.25) is 24.1 Å². The predicted molar refractivity (Wildman–Crippen MR) is 270 cm³/mol. The van der Waals surface area contributed by atoms with Gasteiger partial charge in [0.25, 0.3) is 0 Å². The molecule has 1 aromatic carbocycles. The number of nitrogens with two attached hydrogens (primary N) is 1. The Morgan fingerprint density at radius 2 is 1.30 bits per heavy atom. The number of benzene rings is 1. The van der Waals surface area contributed by atoms with Gasteiger partial charge in [-0.25, -0.2) is 5.90 Å². The molecule has 4 unspecified atom stereocenters. The third-order valence-corrected chi connectivity index (χ3v) is 9.21. The first-order valence-corrected chi connectivity index (χ1v) is 24.4. The fourth-order valence-corrected chi connectivity index (χ4v) is 5.66. The number of methoxy groups -OCH3 is 1. The summed E-state index contributed by atoms with van der Waals surface area (Å²) in [4.78, 5) is 67.4. The van der Waals surface area contributed by atoms with Crippen molar-refractivity contribution in [2.24, 2.45) is 17.7 Å². The van der Waals surface area contributed by atoms with Gasteiger partial charge < -0.3 is 49.4 Å². The zero-order valence-corrected chi connectivity index (χ0v) is 44.6. The van der Waals surface area contributed by atoms with Crippen LogP contribution in [0.2, 0.25) is 0 Å². The van der Waals surface area contributed by atoms with Crippen molar-refractivity contribution in [3.05, 3.63) is 35.9 Å². The standard InChI is InChI=1S/C18H37N3O3.C12H23NO3.C10H13NO2.C5H13NO2.C3H8.C2H6/c1-7-9-10-20(5)16(22)14-19-18(23)17(15(3)4)21(6)11-13-24-12-8-2;1-5-7-8-13(11(15)6-2)12(16-4)10(3)9-14;1-11-9(10(12)13)7-8-5-3-2-4-6-8;1-2-3-7-4-5-8-6;1-3-2;1-2/h15,17H,7-14H2,1-6H3,(H,19,23);9-10,12H,5-8H2,1-4H3;2-6,9,11H,7H2,1H3,(H,12,13);2-6H2,1H3;3H2,1-2H3;1-2H3. The highest BCUT2D eigenvalue weighted by molar-refractivity contribution is 5.87. The summed E-state index contributed by atoms with van der Waals surface area (Å²) in [6, 6.07) is 8.82. The molecule has 0 heterocycles. The lowest BCUT2D eigenvalue weighted by Gasteiger charge is -2.32. The van der Waals surface area contributed by atoms with Crippen LogP contribution in [0.15, 0.2) is 30.3 Å². The highest BCUT2D eigenvalue weighted by atomic mass is 16.6. The number of likely N-dealkylation sites (N-methyl/N-ethyl adjacent to an activating group) is 3. The van der Waals surface area contributed by atoms with Crippen LogP contribution in [-0.4, -0.2) is 156 Å². The minimum absolute atomic E-state index is 0.0361. The average Bonchev–Trinajstić information content (AvgIpc) is 3.32. The molecule has 0 radical (unpaired) electrons. The number of carboxylic acids is 1. The summed E-state index contributed by atoms with van der Waals surface area (Å²) in [6.07, 6.45) is 8.61. The van der Waals surface area contributed by atoms with E-state index >= 15 is 0 Å². The third kappa shape index (κ3) is 40.7. The number of rotatable bonds is 30. The van der Waals surface area contributed by atoms with Crippen molar-refractivity contribution < 1.29 is 48.1 Å². The molecule has 0 saturated carbocycles. The molecule has 4 atom stereocenters. The molecule has 0 fully saturated rings. The predicted octanol–water partition coefficient (Wildman–Crippen LogP) is 7.22. The number of unbranched alkanes of at least 4 members (excludes halogenated alkanes) is 2. The van der Waals surface area contributed by atoms with Crippen LogP contribution in [0.4, 0.5) is 0 Å². The van der Waals surface area contributed by atoms with Gasteiger partial charge in [0.1, 0.15) is 18.6 Å². The van der Waals surface area contributed by atoms with Crippen molar-refractivity contribution >= 4 is 30.0 Å². The first-order valence-electron chi connectivity index (χ1n) is 24.4. The molecule has 390 valence electrons. The fourth-order valence-electron chi connectivity index (χ4n) is 5.66. The van der Waals surface area contributed by atoms with E-state index in [1.807, 2.05) is 76.9 Å². The number of ether oxygens (including phenoxy) is 3. The summed E-state index contributed by atoms with van der Waals surface area (Å²) >= 11 is 0. The van der Waals surface area contributed by atoms with Crippen molar-refractivity contribution in [1.82, 2.24) is 25.3 Å². The second kappa shape index (κ2) is 52.5. The normalized spacial score (nSPS) is 12.0. The number of aliphatic carboxylic acids is 1. The molecule has 0 aromatic heterocycles. The van der Waals surface area contributed by atoms with Gasteiger partial charge in [-0.2, -0.15) is 0 Å². The van der Waals surface area contributed by atoms with Crippen LogP contribution < -0.4 is 16.5 Å². The molecule has 0 bridgehead atoms. The average molecular weight is 945 g/mol. The second-order valence-electron chi connectivity index (χ2n) is 15.6. The Labute approximate surface area is 402 Å². The van der Waals surface area contributed by atoms with Gasteiger partial charge in [0.15, 0.2) is 0 Å². The topological polar surface area (TPSA) is 202 Å². The van der Waals surface area contributed by atoms with Crippen LogP contribution in [-0.2, 0) is 49.4 Å². The zero-order chi connectivity index (χ0) is 51.7. The Kier molecular flexibility index (Phi) is 56.8. The summed E-state index contributed by atoms with van der Waals surface area (Å²) in [5.41, 5.74) is 1.03. The van der Waals surface area contributed by atoms with E-state index in [1.165, 1.54) is 13.5 Å². The highest BCUT2D eigenvalue weighted by Crippen LogP contribution is 2.14. The van der Waals surface area contributed by atoms with Gasteiger partial charge in [0.05, 0.1) is 38.3 Å². The molecule has 1 rings (SSSR count). The molecule has 0 aliphatic heterocycles. The van der Waals surface area contributed by atoms with Gasteiger partial charge in [-0.15, -0.1) is 0 Å². The zero-order valence-electron chi connectivity index (χ0n) is 44.6. The summed E-state index contributed by atoms with van der Waals surface area (Å²) in [5.74, 6) is 3.68. The minimum atomic E-state index is -0.814. The first-order chi connectivity index (χ1) is 31.5. The van der Waals surface area contributed by atoms with Gasteiger partial charge in [-0.05, 0) is 57.7 Å². The molecule has 1 aromatic rings. The smallest absolute Gasteiger partial charge is 0.321 e. The number of hydrogen-bond acceptors (Lipinski definition) is 12. The van der Waals surface area contributed by atoms with Gasteiger partial charge in [-0.1, -0.05) is 133 Å². The maximum Gasteiger partial charge on any atom is 0.321 e. The Morgan fingerprint density at radius 3 is 1.73 bits per heavy atom. The third-order valence-electron chi connectivity index (χ3n) is 9.21. The quantitative estimate of drug-likeness (QED) is 0.0261. The Hall–Kier alpha value is -3.51. The van der Waals surface area contributed by atoms with E-state index in [2.05, 4.69) is 57.0 Å². The number of nitrogens with one attached hydrogen (secondary N) is 2. The van der Waals surface area contributed by atoms with Crippen molar-refractivity contribution in [3.8, 4) is 0 Å². The highest BCUT2D eigenvalue weighted by Gasteiger charge is 2.28. The van der Waals surface area contributed by atoms with E-state index in [0.29, 0.717) is 45.8 Å². The van der Waals surface area contributed by atoms with Crippen LogP contribution in [0.5, 0.6) is 0 Å². The molecule has 0 aliphatic rings. The van der Waals surface area contributed by atoms with Crippen LogP contribution in [0, 0.1) is 11.8 Å². The molecule has 66 heavy (non-hydrogen) atoms. The van der Waals surface area contributed by atoms with E-state index in [4.69, 9.17) is 25.2 Å². The lowest BCUT2D eigenvalue weighted by molar-refractivity contribution is -0.150. The molecule has 0 saturated heterocycles. The lowest BCUT2D eigenvalue weighted by atomic mass is 10.0. The van der Waals surface area contributed by atoms with Crippen LogP contribution in [0.3, 0.4) is 0 Å². The molecule has 3 amide bonds. The molecule has 5 N–H and O–H groups in total. The van der Waals surface area contributed by atoms with Crippen LogP contribution in [0.25, 0.3) is 0 Å². The summed E-state index contributed by atoms with van der Waals surface area (Å²) in [5, 5.41) is 14.3. The van der Waals surface area contributed by atoms with E-state index in [1.54, 1.807) is 30.8 Å². The number of amides is 3. The van der Waals surface area contributed by atoms with Crippen molar-refractivity contribution in [1.29, 1.82) is 0 Å². The lowest BCUT2D eigenvalue weighted by Crippen LogP contribution is -2.51. The van der Waals surface area contributed by atoms with E-state index in [9.17, 15) is 24.0 Å². The van der Waals surface area contributed by atoms with Gasteiger partial charge >= 0.3 is 5.97 Å². The Morgan fingerprint density at radius 1 is 0.773 bits per heavy atom. The van der Waals surface area contributed by atoms with Crippen LogP contribution in [0.1, 0.15) is 140 Å².